The van der Waals surface area contributed by atoms with Crippen LogP contribution in [0.15, 0.2) is 53.4 Å². The predicted molar refractivity (Wildman–Crippen MR) is 168 cm³/mol. The molecule has 1 saturated carbocycles. The van der Waals surface area contributed by atoms with Crippen LogP contribution in [0.5, 0.6) is 0 Å². The number of piperazine rings is 1. The van der Waals surface area contributed by atoms with Crippen LogP contribution >= 0.6 is 0 Å². The molecular weight excluding hydrogens is 695 g/mol. The Labute approximate surface area is 286 Å². The van der Waals surface area contributed by atoms with Gasteiger partial charge in [-0.3, -0.25) is 4.79 Å². The lowest BCUT2D eigenvalue weighted by Gasteiger charge is -2.39. The zero-order valence-corrected chi connectivity index (χ0v) is 28.5. The van der Waals surface area contributed by atoms with Crippen molar-refractivity contribution in [3.8, 4) is 0 Å². The number of carbonyl (C=O) groups is 2. The van der Waals surface area contributed by atoms with Crippen LogP contribution in [0.4, 0.5) is 35.5 Å². The third-order valence-electron chi connectivity index (χ3n) is 10.4. The van der Waals surface area contributed by atoms with Gasteiger partial charge in [0, 0.05) is 51.8 Å². The van der Waals surface area contributed by atoms with Crippen molar-refractivity contribution in [3.63, 3.8) is 0 Å². The number of urea groups is 1. The Balaban J connectivity index is 1.52. The second-order valence-electron chi connectivity index (χ2n) is 13.6. The Morgan fingerprint density at radius 3 is 1.86 bits per heavy atom. The van der Waals surface area contributed by atoms with E-state index in [4.69, 9.17) is 4.74 Å². The Morgan fingerprint density at radius 2 is 1.34 bits per heavy atom. The van der Waals surface area contributed by atoms with Gasteiger partial charge in [0.2, 0.25) is 5.91 Å². The largest absolute Gasteiger partial charge is 0.430 e. The Kier molecular flexibility index (Phi) is 10.6. The maximum atomic E-state index is 14.6. The highest BCUT2D eigenvalue weighted by Gasteiger charge is 2.73. The molecule has 8 nitrogen and oxygen atoms in total. The Bertz CT molecular complexity index is 1620. The maximum absolute atomic E-state index is 14.6. The van der Waals surface area contributed by atoms with Crippen LogP contribution in [0.3, 0.4) is 0 Å². The lowest BCUT2D eigenvalue weighted by Crippen LogP contribution is -2.56. The summed E-state index contributed by atoms with van der Waals surface area (Å²) < 4.78 is 133. The van der Waals surface area contributed by atoms with Crippen molar-refractivity contribution in [1.29, 1.82) is 0 Å². The molecule has 0 bridgehead atoms. The summed E-state index contributed by atoms with van der Waals surface area (Å²) in [6, 6.07) is 6.35. The number of halogens is 7. The van der Waals surface area contributed by atoms with Gasteiger partial charge < -0.3 is 19.4 Å². The van der Waals surface area contributed by atoms with Crippen LogP contribution in [0.1, 0.15) is 57.1 Å². The van der Waals surface area contributed by atoms with Gasteiger partial charge >= 0.3 is 18.4 Å². The maximum Gasteiger partial charge on any atom is 0.430 e. The Morgan fingerprint density at radius 1 is 0.800 bits per heavy atom. The van der Waals surface area contributed by atoms with E-state index in [-0.39, 0.29) is 55.5 Å². The van der Waals surface area contributed by atoms with Gasteiger partial charge in [-0.1, -0.05) is 44.0 Å². The van der Waals surface area contributed by atoms with Crippen LogP contribution in [0.25, 0.3) is 0 Å². The van der Waals surface area contributed by atoms with Crippen LogP contribution in [-0.4, -0.2) is 93.3 Å². The number of rotatable bonds is 7. The zero-order chi connectivity index (χ0) is 36.7. The molecule has 2 aromatic rings. The van der Waals surface area contributed by atoms with Crippen LogP contribution in [-0.2, 0) is 29.7 Å². The number of amides is 3. The third-order valence-corrected chi connectivity index (χ3v) is 12.9. The van der Waals surface area contributed by atoms with Gasteiger partial charge in [-0.15, -0.1) is 0 Å². The lowest BCUT2D eigenvalue weighted by molar-refractivity contribution is -0.391. The van der Waals surface area contributed by atoms with Gasteiger partial charge in [0.1, 0.15) is 10.6 Å². The highest BCUT2D eigenvalue weighted by Crippen LogP contribution is 2.54. The molecule has 0 spiro atoms. The molecule has 0 N–H and O–H groups in total. The number of alkyl halides is 6. The number of likely N-dealkylation sites (tertiary alicyclic amines) is 1. The lowest BCUT2D eigenvalue weighted by atomic mass is 9.83. The fraction of sp³-hybridized carbons (Fsp3) is 0.588. The zero-order valence-electron chi connectivity index (χ0n) is 27.7. The van der Waals surface area contributed by atoms with Crippen LogP contribution in [0, 0.1) is 17.7 Å². The highest BCUT2D eigenvalue weighted by atomic mass is 32.2. The van der Waals surface area contributed by atoms with Crippen LogP contribution in [0.2, 0.25) is 0 Å². The molecule has 0 radical (unpaired) electrons. The summed E-state index contributed by atoms with van der Waals surface area (Å²) in [5.74, 6) is -1.08. The first-order chi connectivity index (χ1) is 23.3. The molecule has 3 amide bonds. The van der Waals surface area contributed by atoms with E-state index in [1.165, 1.54) is 16.7 Å². The molecule has 2 saturated heterocycles. The topological polar surface area (TPSA) is 87.2 Å². The van der Waals surface area contributed by atoms with Crippen molar-refractivity contribution in [1.82, 2.24) is 14.7 Å². The normalized spacial score (nSPS) is 24.1. The van der Waals surface area contributed by atoms with Crippen LogP contribution < -0.4 is 0 Å². The molecule has 276 valence electrons. The van der Waals surface area contributed by atoms with Crippen molar-refractivity contribution in [2.24, 2.45) is 11.8 Å². The molecule has 3 aliphatic rings. The van der Waals surface area contributed by atoms with E-state index < -0.39 is 69.0 Å². The molecule has 5 rings (SSSR count). The Hall–Kier alpha value is -3.40. The second-order valence-corrected chi connectivity index (χ2v) is 15.8. The van der Waals surface area contributed by atoms with E-state index in [9.17, 15) is 48.7 Å². The molecule has 2 aliphatic heterocycles. The predicted octanol–water partition coefficient (Wildman–Crippen LogP) is 6.65. The molecule has 50 heavy (non-hydrogen) atoms. The van der Waals surface area contributed by atoms with Crippen molar-refractivity contribution in [2.75, 3.05) is 45.9 Å². The summed E-state index contributed by atoms with van der Waals surface area (Å²) in [5.41, 5.74) is -6.07. The SMILES string of the molecule is CC(=O)N1CCN(C(=O)N2CC[C@](c3ccc(C(OCC4CCC(C)CC4)(C(F)(F)F)C(F)(F)F)cc3)(S(=O)(=O)c3ccc(F)cc3)C2)CC1. The number of sulfone groups is 1. The van der Waals surface area contributed by atoms with Gasteiger partial charge in [-0.2, -0.15) is 26.3 Å². The van der Waals surface area contributed by atoms with Gasteiger partial charge in [0.25, 0.3) is 5.60 Å². The average molecular weight is 736 g/mol. The number of ether oxygens (including phenoxy) is 1. The minimum Gasteiger partial charge on any atom is -0.354 e. The van der Waals surface area contributed by atoms with Gasteiger partial charge in [-0.25, -0.2) is 17.6 Å². The van der Waals surface area contributed by atoms with E-state index in [1.54, 1.807) is 4.90 Å². The standard InChI is InChI=1S/C34H40F7N3O5S/c1-23-3-5-25(6-4-23)21-49-32(33(36,37)38,34(39,40)41)27-9-7-26(8-10-27)31(50(47,48)29-13-11-28(35)12-14-29)15-16-44(22-31)30(46)43-19-17-42(18-20-43)24(2)45/h7-14,23,25H,3-6,15-22H2,1-2H3/t23?,25?,31-/m0/s1. The molecule has 2 aromatic carbocycles. The summed E-state index contributed by atoms with van der Waals surface area (Å²) in [6.45, 7) is 2.89. The number of hydrogen-bond donors (Lipinski definition) is 0. The van der Waals surface area contributed by atoms with Gasteiger partial charge in [-0.05, 0) is 60.9 Å². The minimum atomic E-state index is -5.92. The first kappa shape index (κ1) is 37.8. The second kappa shape index (κ2) is 14.0. The molecule has 3 fully saturated rings. The average Bonchev–Trinajstić information content (AvgIpc) is 3.52. The number of hydrogen-bond acceptors (Lipinski definition) is 5. The summed E-state index contributed by atoms with van der Waals surface area (Å²) >= 11 is 0. The molecule has 1 atom stereocenters. The number of nitrogens with zero attached hydrogens (tertiary/aromatic N) is 3. The summed E-state index contributed by atoms with van der Waals surface area (Å²) in [5, 5.41) is 0. The summed E-state index contributed by atoms with van der Waals surface area (Å²) in [4.78, 5) is 29.3. The van der Waals surface area contributed by atoms with E-state index in [0.717, 1.165) is 36.4 Å². The fourth-order valence-electron chi connectivity index (χ4n) is 7.29. The summed E-state index contributed by atoms with van der Waals surface area (Å²) in [6.07, 6.45) is -9.91. The third kappa shape index (κ3) is 6.93. The molecular formula is C34H40F7N3O5S. The fourth-order valence-corrected chi connectivity index (χ4v) is 9.37. The smallest absolute Gasteiger partial charge is 0.354 e. The van der Waals surface area contributed by atoms with E-state index in [0.29, 0.717) is 43.7 Å². The van der Waals surface area contributed by atoms with Gasteiger partial charge in [0.15, 0.2) is 9.84 Å². The van der Waals surface area contributed by atoms with E-state index >= 15 is 0 Å². The van der Waals surface area contributed by atoms with Crippen molar-refractivity contribution >= 4 is 21.8 Å². The molecule has 0 unspecified atom stereocenters. The first-order valence-electron chi connectivity index (χ1n) is 16.5. The van der Waals surface area contributed by atoms with Crippen molar-refractivity contribution < 1.29 is 53.5 Å². The first-order valence-corrected chi connectivity index (χ1v) is 18.0. The quantitative estimate of drug-likeness (QED) is 0.235. The van der Waals surface area contributed by atoms with Gasteiger partial charge in [0.05, 0.1) is 11.5 Å². The van der Waals surface area contributed by atoms with Crippen molar-refractivity contribution in [2.45, 2.75) is 73.5 Å². The highest BCUT2D eigenvalue weighted by molar-refractivity contribution is 7.92. The summed E-state index contributed by atoms with van der Waals surface area (Å²) in [7, 11) is -4.53. The number of carbonyl (C=O) groups excluding carboxylic acids is 2. The van der Waals surface area contributed by atoms with E-state index in [2.05, 4.69) is 0 Å². The van der Waals surface area contributed by atoms with E-state index in [1.807, 2.05) is 6.92 Å². The van der Waals surface area contributed by atoms with Crippen molar-refractivity contribution in [3.05, 3.63) is 65.5 Å². The molecule has 1 aliphatic carbocycles. The monoisotopic (exact) mass is 735 g/mol. The molecule has 16 heteroatoms. The number of benzene rings is 2. The minimum absolute atomic E-state index is 0.105. The molecule has 0 aromatic heterocycles. The molecule has 2 heterocycles.